The van der Waals surface area contributed by atoms with Crippen LogP contribution in [0.1, 0.15) is 17.9 Å². The van der Waals surface area contributed by atoms with E-state index in [2.05, 4.69) is 33.0 Å². The maximum atomic E-state index is 11.6. The molecule has 0 aliphatic rings. The van der Waals surface area contributed by atoms with Gasteiger partial charge in [0.15, 0.2) is 0 Å². The van der Waals surface area contributed by atoms with Crippen LogP contribution in [-0.2, 0) is 17.9 Å². The molecule has 2 aromatic heterocycles. The van der Waals surface area contributed by atoms with Gasteiger partial charge in [-0.15, -0.1) is 0 Å². The smallest absolute Gasteiger partial charge is 0.222 e. The van der Waals surface area contributed by atoms with Gasteiger partial charge >= 0.3 is 0 Å². The zero-order valence-corrected chi connectivity index (χ0v) is 12.2. The van der Waals surface area contributed by atoms with Gasteiger partial charge in [0, 0.05) is 18.7 Å². The Balaban J connectivity index is 1.76. The number of nitrogens with zero attached hydrogens (tertiary/aromatic N) is 2. The molecule has 6 heteroatoms. The molecule has 0 aliphatic carbocycles. The highest BCUT2D eigenvalue weighted by atomic mass is 127. The third-order valence-electron chi connectivity index (χ3n) is 2.63. The summed E-state index contributed by atoms with van der Waals surface area (Å²) in [5.41, 5.74) is 1.09. The minimum atomic E-state index is -0.00342. The fourth-order valence-corrected chi connectivity index (χ4v) is 1.95. The predicted molar refractivity (Wildman–Crippen MR) is 74.9 cm³/mol. The van der Waals surface area contributed by atoms with E-state index < -0.39 is 0 Å². The second-order valence-corrected chi connectivity index (χ2v) is 5.07. The Morgan fingerprint density at radius 2 is 2.44 bits per heavy atom. The fourth-order valence-electron chi connectivity index (χ4n) is 1.54. The molecule has 2 aromatic rings. The zero-order valence-electron chi connectivity index (χ0n) is 10.0. The van der Waals surface area contributed by atoms with Crippen LogP contribution in [0.4, 0.5) is 0 Å². The second-order valence-electron chi connectivity index (χ2n) is 3.91. The molecule has 0 aliphatic heterocycles. The average Bonchev–Trinajstić information content (AvgIpc) is 2.97. The standard InChI is InChI=1S/C12H14IN3O2/c1-9-11(13)8-15-16(9)5-4-12(17)14-7-10-3-2-6-18-10/h2-3,6,8H,4-5,7H2,1H3,(H,14,17). The number of hydrogen-bond donors (Lipinski definition) is 1. The number of aryl methyl sites for hydroxylation is 1. The van der Waals surface area contributed by atoms with Crippen molar-refractivity contribution in [2.45, 2.75) is 26.4 Å². The van der Waals surface area contributed by atoms with Crippen molar-refractivity contribution in [3.63, 3.8) is 0 Å². The topological polar surface area (TPSA) is 60.1 Å². The average molecular weight is 359 g/mol. The minimum absolute atomic E-state index is 0.00342. The number of rotatable bonds is 5. The molecular formula is C12H14IN3O2. The van der Waals surface area contributed by atoms with E-state index in [9.17, 15) is 4.79 Å². The molecule has 5 nitrogen and oxygen atoms in total. The number of hydrogen-bond acceptors (Lipinski definition) is 3. The lowest BCUT2D eigenvalue weighted by Crippen LogP contribution is -2.24. The highest BCUT2D eigenvalue weighted by Crippen LogP contribution is 2.09. The Morgan fingerprint density at radius 3 is 3.06 bits per heavy atom. The Labute approximate surface area is 119 Å². The Bertz CT molecular complexity index is 519. The van der Waals surface area contributed by atoms with Crippen LogP contribution in [0, 0.1) is 10.5 Å². The maximum absolute atomic E-state index is 11.6. The first-order valence-electron chi connectivity index (χ1n) is 5.64. The number of carbonyl (C=O) groups is 1. The van der Waals surface area contributed by atoms with Crippen LogP contribution in [-0.4, -0.2) is 15.7 Å². The van der Waals surface area contributed by atoms with Gasteiger partial charge in [0.1, 0.15) is 5.76 Å². The highest BCUT2D eigenvalue weighted by molar-refractivity contribution is 14.1. The van der Waals surface area contributed by atoms with E-state index in [4.69, 9.17) is 4.42 Å². The summed E-state index contributed by atoms with van der Waals surface area (Å²) in [5.74, 6) is 0.754. The summed E-state index contributed by atoms with van der Waals surface area (Å²) in [7, 11) is 0. The monoisotopic (exact) mass is 359 g/mol. The molecule has 0 unspecified atom stereocenters. The molecule has 0 saturated heterocycles. The van der Waals surface area contributed by atoms with Gasteiger partial charge in [0.05, 0.1) is 22.6 Å². The van der Waals surface area contributed by atoms with Crippen LogP contribution in [0.15, 0.2) is 29.0 Å². The van der Waals surface area contributed by atoms with Crippen LogP contribution in [0.5, 0.6) is 0 Å². The molecule has 2 rings (SSSR count). The van der Waals surface area contributed by atoms with E-state index in [1.54, 1.807) is 18.5 Å². The van der Waals surface area contributed by atoms with Crippen LogP contribution in [0.3, 0.4) is 0 Å². The molecule has 0 spiro atoms. The van der Waals surface area contributed by atoms with Gasteiger partial charge in [0.2, 0.25) is 5.91 Å². The van der Waals surface area contributed by atoms with E-state index in [0.717, 1.165) is 15.0 Å². The molecule has 0 atom stereocenters. The number of furan rings is 1. The number of aromatic nitrogens is 2. The third-order valence-corrected chi connectivity index (χ3v) is 3.69. The lowest BCUT2D eigenvalue weighted by molar-refractivity contribution is -0.121. The maximum Gasteiger partial charge on any atom is 0.222 e. The third kappa shape index (κ3) is 3.34. The van der Waals surface area contributed by atoms with Crippen molar-refractivity contribution in [1.29, 1.82) is 0 Å². The Morgan fingerprint density at radius 1 is 1.61 bits per heavy atom. The van der Waals surface area contributed by atoms with Gasteiger partial charge in [-0.3, -0.25) is 9.48 Å². The summed E-state index contributed by atoms with van der Waals surface area (Å²) in [4.78, 5) is 11.6. The van der Waals surface area contributed by atoms with Crippen molar-refractivity contribution < 1.29 is 9.21 Å². The Kier molecular flexibility index (Phi) is 4.40. The van der Waals surface area contributed by atoms with Gasteiger partial charge < -0.3 is 9.73 Å². The summed E-state index contributed by atoms with van der Waals surface area (Å²) in [5, 5.41) is 7.01. The lowest BCUT2D eigenvalue weighted by Gasteiger charge is -2.05. The minimum Gasteiger partial charge on any atom is -0.467 e. The molecule has 0 saturated carbocycles. The molecule has 96 valence electrons. The largest absolute Gasteiger partial charge is 0.467 e. The normalized spacial score (nSPS) is 10.6. The van der Waals surface area contributed by atoms with Crippen molar-refractivity contribution >= 4 is 28.5 Å². The zero-order chi connectivity index (χ0) is 13.0. The molecule has 1 amide bonds. The van der Waals surface area contributed by atoms with Gasteiger partial charge in [-0.25, -0.2) is 0 Å². The first kappa shape index (κ1) is 13.1. The van der Waals surface area contributed by atoms with E-state index in [1.165, 1.54) is 0 Å². The lowest BCUT2D eigenvalue weighted by atomic mass is 10.3. The first-order chi connectivity index (χ1) is 8.66. The van der Waals surface area contributed by atoms with Crippen LogP contribution >= 0.6 is 22.6 Å². The van der Waals surface area contributed by atoms with Gasteiger partial charge in [0.25, 0.3) is 0 Å². The summed E-state index contributed by atoms with van der Waals surface area (Å²) in [6.07, 6.45) is 3.81. The van der Waals surface area contributed by atoms with Crippen molar-refractivity contribution in [2.24, 2.45) is 0 Å². The summed E-state index contributed by atoms with van der Waals surface area (Å²) >= 11 is 2.23. The van der Waals surface area contributed by atoms with Crippen LogP contribution in [0.25, 0.3) is 0 Å². The van der Waals surface area contributed by atoms with E-state index in [-0.39, 0.29) is 5.91 Å². The molecule has 0 fully saturated rings. The molecule has 18 heavy (non-hydrogen) atoms. The number of carbonyl (C=O) groups excluding carboxylic acids is 1. The quantitative estimate of drug-likeness (QED) is 0.832. The van der Waals surface area contributed by atoms with E-state index in [1.807, 2.05) is 17.7 Å². The van der Waals surface area contributed by atoms with E-state index >= 15 is 0 Å². The van der Waals surface area contributed by atoms with Crippen molar-refractivity contribution in [3.8, 4) is 0 Å². The molecule has 0 aromatic carbocycles. The van der Waals surface area contributed by atoms with Gasteiger partial charge in [-0.05, 0) is 41.6 Å². The van der Waals surface area contributed by atoms with Crippen molar-refractivity contribution in [1.82, 2.24) is 15.1 Å². The number of halogens is 1. The molecule has 2 heterocycles. The second kappa shape index (κ2) is 6.03. The summed E-state index contributed by atoms with van der Waals surface area (Å²) < 4.78 is 8.09. The highest BCUT2D eigenvalue weighted by Gasteiger charge is 2.06. The van der Waals surface area contributed by atoms with Gasteiger partial charge in [-0.2, -0.15) is 5.10 Å². The first-order valence-corrected chi connectivity index (χ1v) is 6.71. The summed E-state index contributed by atoms with van der Waals surface area (Å²) in [6.45, 7) is 3.02. The van der Waals surface area contributed by atoms with Crippen LogP contribution < -0.4 is 5.32 Å². The SMILES string of the molecule is Cc1c(I)cnn1CCC(=O)NCc1ccco1. The number of nitrogens with one attached hydrogen (secondary N) is 1. The molecule has 1 N–H and O–H groups in total. The summed E-state index contributed by atoms with van der Waals surface area (Å²) in [6, 6.07) is 3.64. The predicted octanol–water partition coefficient (Wildman–Crippen LogP) is 2.10. The molecular weight excluding hydrogens is 345 g/mol. The van der Waals surface area contributed by atoms with Crippen LogP contribution in [0.2, 0.25) is 0 Å². The van der Waals surface area contributed by atoms with E-state index in [0.29, 0.717) is 19.5 Å². The Hall–Kier alpha value is -1.31. The fraction of sp³-hybridized carbons (Fsp3) is 0.333. The number of amides is 1. The van der Waals surface area contributed by atoms with Crippen molar-refractivity contribution in [2.75, 3.05) is 0 Å². The molecule has 0 bridgehead atoms. The molecule has 0 radical (unpaired) electrons. The van der Waals surface area contributed by atoms with Gasteiger partial charge in [-0.1, -0.05) is 0 Å². The van der Waals surface area contributed by atoms with Crippen molar-refractivity contribution in [3.05, 3.63) is 39.6 Å².